The van der Waals surface area contributed by atoms with Crippen molar-refractivity contribution in [3.8, 4) is 5.75 Å². The lowest BCUT2D eigenvalue weighted by molar-refractivity contribution is 0.102. The van der Waals surface area contributed by atoms with E-state index in [1.807, 2.05) is 60.8 Å². The number of aromatic nitrogens is 2. The molecule has 0 spiro atoms. The quantitative estimate of drug-likeness (QED) is 0.631. The molecule has 1 aromatic carbocycles. The van der Waals surface area contributed by atoms with Gasteiger partial charge >= 0.3 is 0 Å². The van der Waals surface area contributed by atoms with Crippen LogP contribution in [0.1, 0.15) is 48.4 Å². The van der Waals surface area contributed by atoms with E-state index in [0.29, 0.717) is 18.7 Å². The Bertz CT molecular complexity index is 898. The average Bonchev–Trinajstić information content (AvgIpc) is 3.03. The van der Waals surface area contributed by atoms with E-state index >= 15 is 0 Å². The van der Waals surface area contributed by atoms with Crippen molar-refractivity contribution in [2.45, 2.75) is 40.0 Å². The van der Waals surface area contributed by atoms with Crippen molar-refractivity contribution >= 4 is 17.2 Å². The van der Waals surface area contributed by atoms with Crippen molar-refractivity contribution < 1.29 is 9.53 Å². The number of pyridine rings is 1. The van der Waals surface area contributed by atoms with Gasteiger partial charge in [0.15, 0.2) is 0 Å². The van der Waals surface area contributed by atoms with Crippen LogP contribution >= 0.6 is 0 Å². The average molecular weight is 351 g/mol. The molecule has 0 unspecified atom stereocenters. The van der Waals surface area contributed by atoms with E-state index in [0.717, 1.165) is 41.2 Å². The fourth-order valence-electron chi connectivity index (χ4n) is 2.90. The summed E-state index contributed by atoms with van der Waals surface area (Å²) in [5.41, 5.74) is 4.01. The van der Waals surface area contributed by atoms with Crippen LogP contribution in [0.15, 0.2) is 42.6 Å². The first-order valence-corrected chi connectivity index (χ1v) is 9.14. The summed E-state index contributed by atoms with van der Waals surface area (Å²) in [7, 11) is 0. The summed E-state index contributed by atoms with van der Waals surface area (Å²) < 4.78 is 7.53. The minimum atomic E-state index is -0.153. The molecule has 3 rings (SSSR count). The molecule has 5 heteroatoms. The second-order valence-electron chi connectivity index (χ2n) is 6.33. The van der Waals surface area contributed by atoms with Gasteiger partial charge in [-0.15, -0.1) is 0 Å². The molecule has 0 fully saturated rings. The first-order chi connectivity index (χ1) is 12.6. The van der Waals surface area contributed by atoms with Crippen LogP contribution in [0, 0.1) is 6.92 Å². The third kappa shape index (κ3) is 3.72. The number of ether oxygens (including phenoxy) is 1. The fourth-order valence-corrected chi connectivity index (χ4v) is 2.90. The van der Waals surface area contributed by atoms with E-state index in [-0.39, 0.29) is 5.91 Å². The van der Waals surface area contributed by atoms with Crippen LogP contribution in [0.2, 0.25) is 0 Å². The summed E-state index contributed by atoms with van der Waals surface area (Å²) in [5, 5.41) is 2.97. The topological polar surface area (TPSA) is 55.6 Å². The number of aryl methyl sites for hydroxylation is 2. The number of hydrogen-bond acceptors (Lipinski definition) is 3. The number of hydrogen-bond donors (Lipinski definition) is 1. The van der Waals surface area contributed by atoms with Crippen molar-refractivity contribution in [1.82, 2.24) is 9.38 Å². The molecule has 1 N–H and O–H groups in total. The van der Waals surface area contributed by atoms with Gasteiger partial charge in [0, 0.05) is 11.9 Å². The van der Waals surface area contributed by atoms with Crippen LogP contribution in [0.5, 0.6) is 5.75 Å². The predicted molar refractivity (Wildman–Crippen MR) is 104 cm³/mol. The van der Waals surface area contributed by atoms with Gasteiger partial charge in [-0.2, -0.15) is 0 Å². The van der Waals surface area contributed by atoms with Crippen molar-refractivity contribution in [2.75, 3.05) is 11.9 Å². The van der Waals surface area contributed by atoms with Gasteiger partial charge in [0.25, 0.3) is 5.91 Å². The fraction of sp³-hybridized carbons (Fsp3) is 0.333. The van der Waals surface area contributed by atoms with Crippen LogP contribution in [0.4, 0.5) is 5.69 Å². The summed E-state index contributed by atoms with van der Waals surface area (Å²) in [6.07, 6.45) is 4.72. The predicted octanol–water partition coefficient (Wildman–Crippen LogP) is 4.64. The van der Waals surface area contributed by atoms with Crippen LogP contribution in [0.3, 0.4) is 0 Å². The molecule has 2 heterocycles. The van der Waals surface area contributed by atoms with Crippen LogP contribution < -0.4 is 10.1 Å². The Morgan fingerprint density at radius 1 is 1.19 bits per heavy atom. The highest BCUT2D eigenvalue weighted by molar-refractivity contribution is 6.04. The second-order valence-corrected chi connectivity index (χ2v) is 6.33. The number of carbonyl (C=O) groups is 1. The number of anilines is 1. The van der Waals surface area contributed by atoms with Gasteiger partial charge in [0.2, 0.25) is 0 Å². The molecule has 0 bridgehead atoms. The summed E-state index contributed by atoms with van der Waals surface area (Å²) >= 11 is 0. The molecular formula is C21H25N3O2. The number of rotatable bonds is 7. The highest BCUT2D eigenvalue weighted by Crippen LogP contribution is 2.20. The lowest BCUT2D eigenvalue weighted by atomic mass is 10.2. The highest BCUT2D eigenvalue weighted by Gasteiger charge is 2.19. The lowest BCUT2D eigenvalue weighted by Crippen LogP contribution is -2.16. The van der Waals surface area contributed by atoms with Crippen molar-refractivity contribution in [2.24, 2.45) is 0 Å². The van der Waals surface area contributed by atoms with Gasteiger partial charge in [-0.1, -0.05) is 26.3 Å². The van der Waals surface area contributed by atoms with E-state index < -0.39 is 0 Å². The second kappa shape index (κ2) is 8.04. The summed E-state index contributed by atoms with van der Waals surface area (Å²) in [5.74, 6) is 0.663. The molecule has 0 saturated carbocycles. The third-order valence-electron chi connectivity index (χ3n) is 4.35. The van der Waals surface area contributed by atoms with Gasteiger partial charge in [-0.25, -0.2) is 4.98 Å². The number of carbonyl (C=O) groups excluding carboxylic acids is 1. The van der Waals surface area contributed by atoms with E-state index in [1.54, 1.807) is 0 Å². The molecule has 5 nitrogen and oxygen atoms in total. The Kier molecular flexibility index (Phi) is 5.56. The Labute approximate surface area is 154 Å². The number of nitrogens with one attached hydrogen (secondary N) is 1. The van der Waals surface area contributed by atoms with Crippen molar-refractivity contribution in [1.29, 1.82) is 0 Å². The van der Waals surface area contributed by atoms with Crippen LogP contribution in [-0.4, -0.2) is 21.9 Å². The Hall–Kier alpha value is -2.82. The van der Waals surface area contributed by atoms with Gasteiger partial charge in [-0.05, 0) is 55.7 Å². The number of amides is 1. The minimum absolute atomic E-state index is 0.153. The van der Waals surface area contributed by atoms with Gasteiger partial charge in [0.1, 0.15) is 17.1 Å². The Morgan fingerprint density at radius 2 is 1.96 bits per heavy atom. The van der Waals surface area contributed by atoms with E-state index in [1.165, 1.54) is 0 Å². The maximum Gasteiger partial charge on any atom is 0.274 e. The van der Waals surface area contributed by atoms with Crippen molar-refractivity contribution in [3.63, 3.8) is 0 Å². The van der Waals surface area contributed by atoms with E-state index in [9.17, 15) is 4.79 Å². The van der Waals surface area contributed by atoms with Gasteiger partial charge < -0.3 is 10.1 Å². The molecule has 136 valence electrons. The Balaban J connectivity index is 1.80. The summed E-state index contributed by atoms with van der Waals surface area (Å²) in [6.45, 7) is 6.86. The summed E-state index contributed by atoms with van der Waals surface area (Å²) in [4.78, 5) is 17.5. The maximum absolute atomic E-state index is 12.9. The largest absolute Gasteiger partial charge is 0.494 e. The van der Waals surface area contributed by atoms with Crippen LogP contribution in [-0.2, 0) is 6.42 Å². The molecule has 0 radical (unpaired) electrons. The standard InChI is InChI=1S/C21H25N3O2/c1-4-6-14-26-17-11-9-16(10-12-17)22-21(25)19-18(5-2)23-20-15(3)8-7-13-24(19)20/h7-13H,4-6,14H2,1-3H3,(H,22,25). The van der Waals surface area contributed by atoms with Gasteiger partial charge in [0.05, 0.1) is 12.3 Å². The number of fused-ring (bicyclic) bond motifs is 1. The molecule has 26 heavy (non-hydrogen) atoms. The first kappa shape index (κ1) is 18.0. The Morgan fingerprint density at radius 3 is 2.65 bits per heavy atom. The zero-order valence-corrected chi connectivity index (χ0v) is 15.6. The maximum atomic E-state index is 12.9. The first-order valence-electron chi connectivity index (χ1n) is 9.14. The smallest absolute Gasteiger partial charge is 0.274 e. The molecular weight excluding hydrogens is 326 g/mol. The zero-order valence-electron chi connectivity index (χ0n) is 15.6. The molecule has 1 amide bonds. The SMILES string of the molecule is CCCCOc1ccc(NC(=O)c2c(CC)nc3c(C)cccn23)cc1. The molecule has 0 atom stereocenters. The third-order valence-corrected chi connectivity index (χ3v) is 4.35. The summed E-state index contributed by atoms with van der Waals surface area (Å²) in [6, 6.07) is 11.4. The number of imidazole rings is 1. The minimum Gasteiger partial charge on any atom is -0.494 e. The van der Waals surface area contributed by atoms with E-state index in [4.69, 9.17) is 4.74 Å². The molecule has 2 aromatic heterocycles. The molecule has 3 aromatic rings. The molecule has 0 aliphatic carbocycles. The van der Waals surface area contributed by atoms with Crippen LogP contribution in [0.25, 0.3) is 5.65 Å². The number of benzene rings is 1. The monoisotopic (exact) mass is 351 g/mol. The number of unbranched alkanes of at least 4 members (excludes halogenated alkanes) is 1. The molecule has 0 aliphatic rings. The van der Waals surface area contributed by atoms with Crippen molar-refractivity contribution in [3.05, 3.63) is 59.5 Å². The zero-order chi connectivity index (χ0) is 18.5. The normalized spacial score (nSPS) is 10.9. The highest BCUT2D eigenvalue weighted by atomic mass is 16.5. The molecule has 0 aliphatic heterocycles. The van der Waals surface area contributed by atoms with Gasteiger partial charge in [-0.3, -0.25) is 9.20 Å². The van der Waals surface area contributed by atoms with E-state index in [2.05, 4.69) is 17.2 Å². The lowest BCUT2D eigenvalue weighted by Gasteiger charge is -2.09. The number of nitrogens with zero attached hydrogens (tertiary/aromatic N) is 2. The molecule has 0 saturated heterocycles.